The lowest BCUT2D eigenvalue weighted by molar-refractivity contribution is 0.627. The summed E-state index contributed by atoms with van der Waals surface area (Å²) in [5.41, 5.74) is 1.40. The Morgan fingerprint density at radius 1 is 1.35 bits per heavy atom. The highest BCUT2D eigenvalue weighted by Crippen LogP contribution is 2.26. The number of hydrogen-bond acceptors (Lipinski definition) is 3. The van der Waals surface area contributed by atoms with Gasteiger partial charge in [0, 0.05) is 6.54 Å². The molecule has 90 valence electrons. The fourth-order valence-corrected chi connectivity index (χ4v) is 1.92. The van der Waals surface area contributed by atoms with Crippen LogP contribution >= 0.6 is 23.2 Å². The third-order valence-electron chi connectivity index (χ3n) is 2.19. The number of rotatable bonds is 3. The van der Waals surface area contributed by atoms with Crippen LogP contribution in [0.15, 0.2) is 18.3 Å². The van der Waals surface area contributed by atoms with Crippen LogP contribution in [0, 0.1) is 5.82 Å². The fourth-order valence-electron chi connectivity index (χ4n) is 1.44. The third-order valence-corrected chi connectivity index (χ3v) is 2.74. The van der Waals surface area contributed by atoms with E-state index in [-0.39, 0.29) is 10.0 Å². The van der Waals surface area contributed by atoms with Gasteiger partial charge in [0.05, 0.1) is 27.6 Å². The van der Waals surface area contributed by atoms with Crippen molar-refractivity contribution in [2.75, 3.05) is 7.05 Å². The van der Waals surface area contributed by atoms with Crippen molar-refractivity contribution >= 4 is 23.2 Å². The maximum absolute atomic E-state index is 13.3. The molecule has 0 aliphatic heterocycles. The predicted octanol–water partition coefficient (Wildman–Crippen LogP) is 2.43. The van der Waals surface area contributed by atoms with E-state index in [0.717, 1.165) is 5.69 Å². The summed E-state index contributed by atoms with van der Waals surface area (Å²) in [5.74, 6) is -0.632. The molecule has 0 amide bonds. The van der Waals surface area contributed by atoms with Gasteiger partial charge in [-0.1, -0.05) is 28.4 Å². The van der Waals surface area contributed by atoms with Crippen molar-refractivity contribution in [2.45, 2.75) is 6.54 Å². The van der Waals surface area contributed by atoms with Crippen molar-refractivity contribution < 1.29 is 4.39 Å². The molecule has 0 saturated carbocycles. The highest BCUT2D eigenvalue weighted by molar-refractivity contribution is 6.35. The van der Waals surface area contributed by atoms with Gasteiger partial charge in [-0.15, -0.1) is 5.10 Å². The molecule has 2 aromatic rings. The second kappa shape index (κ2) is 5.00. The van der Waals surface area contributed by atoms with E-state index >= 15 is 0 Å². The zero-order chi connectivity index (χ0) is 12.4. The number of nitrogens with one attached hydrogen (secondary N) is 1. The molecule has 0 radical (unpaired) electrons. The van der Waals surface area contributed by atoms with Crippen molar-refractivity contribution in [3.8, 4) is 5.69 Å². The summed E-state index contributed by atoms with van der Waals surface area (Å²) in [7, 11) is 1.81. The first-order chi connectivity index (χ1) is 8.13. The Balaban J connectivity index is 2.49. The SMILES string of the molecule is CNCc1cnnn1-c1cc(Cl)c(F)c(Cl)c1. The maximum atomic E-state index is 13.3. The van der Waals surface area contributed by atoms with Gasteiger partial charge in [0.25, 0.3) is 0 Å². The normalized spacial score (nSPS) is 10.8. The van der Waals surface area contributed by atoms with Gasteiger partial charge in [-0.3, -0.25) is 0 Å². The van der Waals surface area contributed by atoms with Gasteiger partial charge in [0.15, 0.2) is 5.82 Å². The van der Waals surface area contributed by atoms with Gasteiger partial charge in [0.2, 0.25) is 0 Å². The monoisotopic (exact) mass is 274 g/mol. The van der Waals surface area contributed by atoms with Gasteiger partial charge in [-0.2, -0.15) is 0 Å². The Labute approximate surface area is 107 Å². The first-order valence-corrected chi connectivity index (χ1v) is 5.58. The highest BCUT2D eigenvalue weighted by atomic mass is 35.5. The van der Waals surface area contributed by atoms with E-state index in [9.17, 15) is 4.39 Å². The molecule has 1 aromatic carbocycles. The molecule has 2 rings (SSSR count). The predicted molar refractivity (Wildman–Crippen MR) is 64.1 cm³/mol. The first kappa shape index (κ1) is 12.3. The summed E-state index contributed by atoms with van der Waals surface area (Å²) in [6.45, 7) is 0.583. The Morgan fingerprint density at radius 2 is 2.00 bits per heavy atom. The standard InChI is InChI=1S/C10H9Cl2FN4/c1-14-4-7-5-15-16-17(7)6-2-8(11)10(13)9(12)3-6/h2-3,5,14H,4H2,1H3. The Hall–Kier alpha value is -1.17. The lowest BCUT2D eigenvalue weighted by Crippen LogP contribution is -2.11. The maximum Gasteiger partial charge on any atom is 0.160 e. The number of halogens is 3. The minimum atomic E-state index is -0.632. The molecule has 0 saturated heterocycles. The summed E-state index contributed by atoms with van der Waals surface area (Å²) >= 11 is 11.5. The molecule has 0 aliphatic carbocycles. The quantitative estimate of drug-likeness (QED) is 0.875. The van der Waals surface area contributed by atoms with Crippen molar-refractivity contribution in [1.82, 2.24) is 20.3 Å². The average Bonchev–Trinajstić information content (AvgIpc) is 2.74. The smallest absolute Gasteiger partial charge is 0.160 e. The first-order valence-electron chi connectivity index (χ1n) is 4.82. The van der Waals surface area contributed by atoms with Crippen LogP contribution in [0.25, 0.3) is 5.69 Å². The number of nitrogens with zero attached hydrogens (tertiary/aromatic N) is 3. The number of benzene rings is 1. The van der Waals surface area contributed by atoms with Crippen LogP contribution in [0.3, 0.4) is 0 Å². The Bertz CT molecular complexity index is 518. The topological polar surface area (TPSA) is 42.7 Å². The molecule has 1 aromatic heterocycles. The molecular weight excluding hydrogens is 266 g/mol. The molecule has 7 heteroatoms. The minimum absolute atomic E-state index is 0.0431. The van der Waals surface area contributed by atoms with E-state index in [1.165, 1.54) is 12.1 Å². The molecule has 0 spiro atoms. The third kappa shape index (κ3) is 2.41. The lowest BCUT2D eigenvalue weighted by Gasteiger charge is -2.07. The molecular formula is C10H9Cl2FN4. The average molecular weight is 275 g/mol. The molecule has 0 aliphatic rings. The largest absolute Gasteiger partial charge is 0.314 e. The molecule has 17 heavy (non-hydrogen) atoms. The van der Waals surface area contributed by atoms with E-state index in [1.54, 1.807) is 10.9 Å². The Kier molecular flexibility index (Phi) is 3.61. The highest BCUT2D eigenvalue weighted by Gasteiger charge is 2.11. The van der Waals surface area contributed by atoms with E-state index in [1.807, 2.05) is 7.05 Å². The van der Waals surface area contributed by atoms with Crippen LogP contribution in [-0.2, 0) is 6.54 Å². The van der Waals surface area contributed by atoms with Gasteiger partial charge in [0.1, 0.15) is 0 Å². The summed E-state index contributed by atoms with van der Waals surface area (Å²) in [4.78, 5) is 0. The van der Waals surface area contributed by atoms with Gasteiger partial charge >= 0.3 is 0 Å². The van der Waals surface area contributed by atoms with Crippen molar-refractivity contribution in [1.29, 1.82) is 0 Å². The van der Waals surface area contributed by atoms with Crippen molar-refractivity contribution in [3.63, 3.8) is 0 Å². The van der Waals surface area contributed by atoms with E-state index < -0.39 is 5.82 Å². The molecule has 1 N–H and O–H groups in total. The van der Waals surface area contributed by atoms with Crippen LogP contribution in [0.2, 0.25) is 10.0 Å². The van der Waals surface area contributed by atoms with Crippen LogP contribution in [0.4, 0.5) is 4.39 Å². The van der Waals surface area contributed by atoms with E-state index in [2.05, 4.69) is 15.6 Å². The van der Waals surface area contributed by atoms with Crippen molar-refractivity contribution in [2.24, 2.45) is 0 Å². The molecule has 0 bridgehead atoms. The van der Waals surface area contributed by atoms with Crippen LogP contribution in [0.1, 0.15) is 5.69 Å². The summed E-state index contributed by atoms with van der Waals surface area (Å²) in [6.07, 6.45) is 1.61. The lowest BCUT2D eigenvalue weighted by atomic mass is 10.3. The number of aromatic nitrogens is 3. The van der Waals surface area contributed by atoms with E-state index in [4.69, 9.17) is 23.2 Å². The molecule has 4 nitrogen and oxygen atoms in total. The van der Waals surface area contributed by atoms with Gasteiger partial charge in [-0.25, -0.2) is 9.07 Å². The van der Waals surface area contributed by atoms with Gasteiger partial charge in [-0.05, 0) is 19.2 Å². The van der Waals surface area contributed by atoms with Crippen molar-refractivity contribution in [3.05, 3.63) is 39.9 Å². The molecule has 0 unspecified atom stereocenters. The fraction of sp³-hybridized carbons (Fsp3) is 0.200. The summed E-state index contributed by atoms with van der Waals surface area (Å²) in [6, 6.07) is 2.91. The van der Waals surface area contributed by atoms with Crippen LogP contribution < -0.4 is 5.32 Å². The van der Waals surface area contributed by atoms with Crippen LogP contribution in [0.5, 0.6) is 0 Å². The summed E-state index contributed by atoms with van der Waals surface area (Å²) in [5, 5.41) is 10.6. The zero-order valence-electron chi connectivity index (χ0n) is 8.91. The second-order valence-electron chi connectivity index (χ2n) is 3.39. The molecule has 1 heterocycles. The van der Waals surface area contributed by atoms with Crippen LogP contribution in [-0.4, -0.2) is 22.0 Å². The minimum Gasteiger partial charge on any atom is -0.314 e. The second-order valence-corrected chi connectivity index (χ2v) is 4.21. The van der Waals surface area contributed by atoms with Gasteiger partial charge < -0.3 is 5.32 Å². The number of hydrogen-bond donors (Lipinski definition) is 1. The summed E-state index contributed by atoms with van der Waals surface area (Å²) < 4.78 is 14.8. The van der Waals surface area contributed by atoms with E-state index in [0.29, 0.717) is 12.2 Å². The zero-order valence-corrected chi connectivity index (χ0v) is 10.4. The Morgan fingerprint density at radius 3 is 2.59 bits per heavy atom. The molecule has 0 atom stereocenters. The molecule has 0 fully saturated rings.